The molecule has 3 nitrogen and oxygen atoms in total. The van der Waals surface area contributed by atoms with Crippen LogP contribution >= 0.6 is 0 Å². The van der Waals surface area contributed by atoms with Gasteiger partial charge in [0.25, 0.3) is 0 Å². The minimum absolute atomic E-state index is 0.124. The number of aryl methyl sites for hydroxylation is 2. The van der Waals surface area contributed by atoms with Gasteiger partial charge in [0.15, 0.2) is 0 Å². The van der Waals surface area contributed by atoms with Gasteiger partial charge in [-0.2, -0.15) is 0 Å². The maximum atomic E-state index is 12.6. The summed E-state index contributed by atoms with van der Waals surface area (Å²) in [7, 11) is 0. The van der Waals surface area contributed by atoms with E-state index in [1.807, 2.05) is 18.2 Å². The number of carbonyl (C=O) groups excluding carboxylic acids is 1. The maximum absolute atomic E-state index is 12.6. The van der Waals surface area contributed by atoms with Crippen LogP contribution in [-0.2, 0) is 17.8 Å². The fraction of sp³-hybridized carbons (Fsp3) is 0.409. The molecule has 132 valence electrons. The number of nitrogens with one attached hydrogen (secondary N) is 1. The van der Waals surface area contributed by atoms with Crippen LogP contribution in [0.2, 0.25) is 0 Å². The average molecular weight is 336 g/mol. The predicted octanol–water partition coefficient (Wildman–Crippen LogP) is 4.41. The van der Waals surface area contributed by atoms with Gasteiger partial charge in [0.1, 0.15) is 0 Å². The Hall–Kier alpha value is -2.13. The van der Waals surface area contributed by atoms with Gasteiger partial charge in [-0.15, -0.1) is 0 Å². The van der Waals surface area contributed by atoms with E-state index in [2.05, 4.69) is 54.4 Å². The molecule has 0 spiro atoms. The molecule has 3 rings (SSSR count). The number of likely N-dealkylation sites (tertiary alicyclic amines) is 1. The third-order valence-corrected chi connectivity index (χ3v) is 5.10. The van der Waals surface area contributed by atoms with Crippen molar-refractivity contribution in [3.63, 3.8) is 0 Å². The van der Waals surface area contributed by atoms with Crippen molar-refractivity contribution in [1.82, 2.24) is 4.90 Å². The summed E-state index contributed by atoms with van der Waals surface area (Å²) >= 11 is 0. The van der Waals surface area contributed by atoms with Gasteiger partial charge in [-0.05, 0) is 56.5 Å². The monoisotopic (exact) mass is 336 g/mol. The highest BCUT2D eigenvalue weighted by Crippen LogP contribution is 2.22. The van der Waals surface area contributed by atoms with Crippen molar-refractivity contribution < 1.29 is 4.79 Å². The first-order valence-electron chi connectivity index (χ1n) is 9.32. The van der Waals surface area contributed by atoms with Gasteiger partial charge in [-0.1, -0.05) is 55.0 Å². The van der Waals surface area contributed by atoms with Crippen molar-refractivity contribution in [2.24, 2.45) is 5.92 Å². The number of carbonyl (C=O) groups is 1. The summed E-state index contributed by atoms with van der Waals surface area (Å²) in [6.45, 7) is 7.21. The molecule has 2 aromatic carbocycles. The van der Waals surface area contributed by atoms with E-state index in [1.54, 1.807) is 0 Å². The Bertz CT molecular complexity index is 717. The van der Waals surface area contributed by atoms with Gasteiger partial charge in [-0.25, -0.2) is 0 Å². The first kappa shape index (κ1) is 17.7. The Morgan fingerprint density at radius 3 is 2.60 bits per heavy atom. The highest BCUT2D eigenvalue weighted by Gasteiger charge is 2.25. The van der Waals surface area contributed by atoms with Crippen LogP contribution in [0.25, 0.3) is 0 Å². The highest BCUT2D eigenvalue weighted by molar-refractivity contribution is 5.93. The van der Waals surface area contributed by atoms with Crippen LogP contribution in [0.4, 0.5) is 5.69 Å². The van der Waals surface area contributed by atoms with Crippen LogP contribution in [0.5, 0.6) is 0 Å². The average Bonchev–Trinajstić information content (AvgIpc) is 2.63. The second-order valence-electron chi connectivity index (χ2n) is 7.04. The smallest absolute Gasteiger partial charge is 0.227 e. The van der Waals surface area contributed by atoms with Crippen molar-refractivity contribution >= 4 is 11.6 Å². The molecule has 1 saturated heterocycles. The largest absolute Gasteiger partial charge is 0.326 e. The Balaban J connectivity index is 1.52. The van der Waals surface area contributed by atoms with E-state index >= 15 is 0 Å². The zero-order valence-electron chi connectivity index (χ0n) is 15.3. The number of benzene rings is 2. The van der Waals surface area contributed by atoms with Crippen LogP contribution in [0.15, 0.2) is 48.5 Å². The number of amides is 1. The predicted molar refractivity (Wildman–Crippen MR) is 104 cm³/mol. The third kappa shape index (κ3) is 4.70. The van der Waals surface area contributed by atoms with E-state index in [4.69, 9.17) is 0 Å². The second-order valence-corrected chi connectivity index (χ2v) is 7.04. The molecule has 25 heavy (non-hydrogen) atoms. The summed E-state index contributed by atoms with van der Waals surface area (Å²) in [6, 6.07) is 16.8. The number of rotatable bonds is 5. The second kappa shape index (κ2) is 8.30. The molecule has 0 atom stereocenters. The number of hydrogen-bond donors (Lipinski definition) is 1. The molecule has 1 amide bonds. The molecule has 1 aliphatic heterocycles. The van der Waals surface area contributed by atoms with Crippen molar-refractivity contribution in [3.05, 3.63) is 65.2 Å². The molecule has 0 saturated carbocycles. The fourth-order valence-corrected chi connectivity index (χ4v) is 3.61. The van der Waals surface area contributed by atoms with E-state index in [-0.39, 0.29) is 11.8 Å². The molecular weight excluding hydrogens is 308 g/mol. The quantitative estimate of drug-likeness (QED) is 0.877. The van der Waals surface area contributed by atoms with Gasteiger partial charge >= 0.3 is 0 Å². The van der Waals surface area contributed by atoms with Crippen molar-refractivity contribution in [2.75, 3.05) is 18.4 Å². The minimum atomic E-state index is 0.124. The first-order valence-corrected chi connectivity index (χ1v) is 9.32. The molecule has 0 aliphatic carbocycles. The lowest BCUT2D eigenvalue weighted by atomic mass is 9.95. The van der Waals surface area contributed by atoms with Gasteiger partial charge in [0, 0.05) is 18.2 Å². The molecule has 1 fully saturated rings. The summed E-state index contributed by atoms with van der Waals surface area (Å²) < 4.78 is 0. The summed E-state index contributed by atoms with van der Waals surface area (Å²) in [5.74, 6) is 0.301. The SMILES string of the molecule is CCc1ccccc1NC(=O)C1CCN(Cc2cccc(C)c2)CC1. The van der Waals surface area contributed by atoms with E-state index in [0.29, 0.717) is 0 Å². The van der Waals surface area contributed by atoms with Crippen LogP contribution in [0.1, 0.15) is 36.5 Å². The first-order chi connectivity index (χ1) is 12.2. The third-order valence-electron chi connectivity index (χ3n) is 5.10. The lowest BCUT2D eigenvalue weighted by molar-refractivity contribution is -0.121. The van der Waals surface area contributed by atoms with Crippen molar-refractivity contribution in [1.29, 1.82) is 0 Å². The fourth-order valence-electron chi connectivity index (χ4n) is 3.61. The van der Waals surface area contributed by atoms with E-state index in [1.165, 1.54) is 16.7 Å². The standard InChI is InChI=1S/C22H28N2O/c1-3-19-9-4-5-10-21(19)23-22(25)20-11-13-24(14-12-20)16-18-8-6-7-17(2)15-18/h4-10,15,20H,3,11-14,16H2,1-2H3,(H,23,25). The highest BCUT2D eigenvalue weighted by atomic mass is 16.1. The number of para-hydroxylation sites is 1. The normalized spacial score (nSPS) is 15.9. The van der Waals surface area contributed by atoms with Gasteiger partial charge in [0.2, 0.25) is 5.91 Å². The lowest BCUT2D eigenvalue weighted by Crippen LogP contribution is -2.37. The van der Waals surface area contributed by atoms with E-state index in [0.717, 1.165) is 44.6 Å². The zero-order valence-corrected chi connectivity index (χ0v) is 15.3. The number of nitrogens with zero attached hydrogens (tertiary/aromatic N) is 1. The minimum Gasteiger partial charge on any atom is -0.326 e. The summed E-state index contributed by atoms with van der Waals surface area (Å²) in [4.78, 5) is 15.1. The van der Waals surface area contributed by atoms with E-state index < -0.39 is 0 Å². The molecule has 0 unspecified atom stereocenters. The zero-order chi connectivity index (χ0) is 17.6. The number of hydrogen-bond acceptors (Lipinski definition) is 2. The van der Waals surface area contributed by atoms with Crippen LogP contribution in [0, 0.1) is 12.8 Å². The van der Waals surface area contributed by atoms with Gasteiger partial charge in [-0.3, -0.25) is 9.69 Å². The molecular formula is C22H28N2O. The Morgan fingerprint density at radius 1 is 1.12 bits per heavy atom. The lowest BCUT2D eigenvalue weighted by Gasteiger charge is -2.31. The Kier molecular flexibility index (Phi) is 5.87. The molecule has 3 heteroatoms. The number of piperidine rings is 1. The Labute approximate surface area is 151 Å². The molecule has 1 aliphatic rings. The molecule has 0 bridgehead atoms. The molecule has 2 aromatic rings. The molecule has 1 heterocycles. The van der Waals surface area contributed by atoms with E-state index in [9.17, 15) is 4.79 Å². The van der Waals surface area contributed by atoms with Crippen molar-refractivity contribution in [2.45, 2.75) is 39.7 Å². The van der Waals surface area contributed by atoms with Gasteiger partial charge in [0.05, 0.1) is 0 Å². The van der Waals surface area contributed by atoms with Crippen LogP contribution in [-0.4, -0.2) is 23.9 Å². The van der Waals surface area contributed by atoms with Crippen molar-refractivity contribution in [3.8, 4) is 0 Å². The maximum Gasteiger partial charge on any atom is 0.227 e. The summed E-state index contributed by atoms with van der Waals surface area (Å²) in [6.07, 6.45) is 2.81. The summed E-state index contributed by atoms with van der Waals surface area (Å²) in [5, 5.41) is 3.15. The Morgan fingerprint density at radius 2 is 1.88 bits per heavy atom. The molecule has 0 radical (unpaired) electrons. The molecule has 0 aromatic heterocycles. The number of anilines is 1. The van der Waals surface area contributed by atoms with Gasteiger partial charge < -0.3 is 5.32 Å². The topological polar surface area (TPSA) is 32.3 Å². The van der Waals surface area contributed by atoms with Crippen LogP contribution < -0.4 is 5.32 Å². The molecule has 1 N–H and O–H groups in total. The van der Waals surface area contributed by atoms with Crippen LogP contribution in [0.3, 0.4) is 0 Å². The summed E-state index contributed by atoms with van der Waals surface area (Å²) in [5.41, 5.74) is 4.84.